The number of likely N-dealkylation sites (N-methyl/N-ethyl adjacent to an activating group) is 1. The molecule has 0 aromatic carbocycles. The van der Waals surface area contributed by atoms with E-state index in [1.165, 1.54) is 52.6 Å². The average Bonchev–Trinajstić information content (AvgIpc) is 2.95. The Hall–Kier alpha value is -1.76. The zero-order valence-corrected chi connectivity index (χ0v) is 27.3. The van der Waals surface area contributed by atoms with Gasteiger partial charge in [-0.15, -0.1) is 0 Å². The third-order valence-corrected chi connectivity index (χ3v) is 8.13. The van der Waals surface area contributed by atoms with Gasteiger partial charge in [-0.1, -0.05) is 84.0 Å². The van der Waals surface area contributed by atoms with Crippen LogP contribution in [0.15, 0.2) is 0 Å². The molecule has 0 rings (SSSR count). The van der Waals surface area contributed by atoms with Gasteiger partial charge in [-0.25, -0.2) is 0 Å². The van der Waals surface area contributed by atoms with Crippen molar-refractivity contribution in [2.75, 3.05) is 33.7 Å². The van der Waals surface area contributed by atoms with E-state index in [1.54, 1.807) is 0 Å². The first-order valence-corrected chi connectivity index (χ1v) is 15.8. The van der Waals surface area contributed by atoms with Gasteiger partial charge >= 0.3 is 47.6 Å². The molecule has 0 aromatic heterocycles. The monoisotopic (exact) mass is 759 g/mol. The fraction of sp³-hybridized carbons (Fsp3) is 0.966. The highest BCUT2D eigenvalue weighted by Gasteiger charge is 2.95. The van der Waals surface area contributed by atoms with E-state index in [9.17, 15) is 79.4 Å². The highest BCUT2D eigenvalue weighted by Crippen LogP contribution is 2.63. The lowest BCUT2D eigenvalue weighted by Crippen LogP contribution is -2.75. The van der Waals surface area contributed by atoms with E-state index in [-0.39, 0.29) is 11.0 Å². The molecule has 0 heterocycles. The minimum atomic E-state index is -8.73. The van der Waals surface area contributed by atoms with Crippen LogP contribution in [0.5, 0.6) is 0 Å². The number of nitrogens with zero attached hydrogens (tertiary/aromatic N) is 1. The standard InChI is InChI=1S/C29H43F17N2O/c1-4-5-6-7-8-9-10-11-12-13-14-15-16-17-19-48(2,3)20-18-47-21(49)22(30,31)23(32,33)24(34,35)25(36,37)26(38,39)27(40,41)28(42,43)29(44,45)46/h4-20H2,1-3H3/p+1. The Morgan fingerprint density at radius 1 is 0.449 bits per heavy atom. The Bertz CT molecular complexity index is 998. The Kier molecular flexibility index (Phi) is 17.0. The molecule has 1 N–H and O–H groups in total. The molecule has 0 spiro atoms. The topological polar surface area (TPSA) is 29.1 Å². The average molecular weight is 760 g/mol. The number of alkyl halides is 17. The van der Waals surface area contributed by atoms with E-state index in [1.807, 2.05) is 0 Å². The Morgan fingerprint density at radius 2 is 0.755 bits per heavy atom. The minimum Gasteiger partial charge on any atom is -0.345 e. The molecule has 49 heavy (non-hydrogen) atoms. The number of halogens is 17. The summed E-state index contributed by atoms with van der Waals surface area (Å²) in [5.74, 6) is -61.3. The second-order valence-corrected chi connectivity index (χ2v) is 12.8. The van der Waals surface area contributed by atoms with Crippen LogP contribution in [0.25, 0.3) is 0 Å². The molecule has 0 aliphatic carbocycles. The summed E-state index contributed by atoms with van der Waals surface area (Å²) < 4.78 is 228. The van der Waals surface area contributed by atoms with Crippen LogP contribution in [0, 0.1) is 0 Å². The number of quaternary nitrogens is 1. The number of rotatable bonds is 25. The number of carbonyl (C=O) groups excluding carboxylic acids is 1. The van der Waals surface area contributed by atoms with Crippen molar-refractivity contribution in [3.05, 3.63) is 0 Å². The van der Waals surface area contributed by atoms with Crippen molar-refractivity contribution in [1.29, 1.82) is 0 Å². The smallest absolute Gasteiger partial charge is 0.345 e. The van der Waals surface area contributed by atoms with Crippen molar-refractivity contribution in [2.24, 2.45) is 0 Å². The van der Waals surface area contributed by atoms with Crippen molar-refractivity contribution < 1.29 is 83.9 Å². The lowest BCUT2D eigenvalue weighted by Gasteiger charge is -2.42. The maximum absolute atomic E-state index is 14.1. The normalized spacial score (nSPS) is 14.8. The van der Waals surface area contributed by atoms with Gasteiger partial charge in [-0.2, -0.15) is 74.6 Å². The van der Waals surface area contributed by atoms with Gasteiger partial charge < -0.3 is 9.80 Å². The van der Waals surface area contributed by atoms with Crippen LogP contribution in [0.1, 0.15) is 96.8 Å². The van der Waals surface area contributed by atoms with Crippen LogP contribution in [-0.4, -0.2) is 91.8 Å². The molecule has 0 fully saturated rings. The summed E-state index contributed by atoms with van der Waals surface area (Å²) in [4.78, 5) is 11.7. The SMILES string of the molecule is CCCCCCCCCCCCCCCC[N+](C)(C)CCNC(=O)C(F)(F)C(F)(F)C(F)(F)C(F)(F)C(F)(F)C(F)(F)C(F)(F)C(F)(F)F. The van der Waals surface area contributed by atoms with Gasteiger partial charge in [0.15, 0.2) is 0 Å². The van der Waals surface area contributed by atoms with E-state index in [2.05, 4.69) is 6.92 Å². The molecule has 3 nitrogen and oxygen atoms in total. The summed E-state index contributed by atoms with van der Waals surface area (Å²) in [7, 11) is 2.96. The lowest BCUT2D eigenvalue weighted by atomic mass is 9.89. The Balaban J connectivity index is 5.10. The summed E-state index contributed by atoms with van der Waals surface area (Å²) in [6.45, 7) is 1.12. The van der Waals surface area contributed by atoms with Crippen molar-refractivity contribution in [1.82, 2.24) is 5.32 Å². The number of nitrogens with one attached hydrogen (secondary N) is 1. The summed E-state index contributed by atoms with van der Waals surface area (Å²) in [6.07, 6.45) is 6.98. The van der Waals surface area contributed by atoms with Gasteiger partial charge in [-0.05, 0) is 12.8 Å². The molecule has 0 atom stereocenters. The van der Waals surface area contributed by atoms with Crippen LogP contribution < -0.4 is 5.32 Å². The zero-order valence-electron chi connectivity index (χ0n) is 27.3. The first-order valence-electron chi connectivity index (χ1n) is 15.8. The maximum atomic E-state index is 14.1. The molecule has 20 heteroatoms. The molecule has 0 aliphatic heterocycles. The molecule has 0 aliphatic rings. The number of unbranched alkanes of at least 4 members (excludes halogenated alkanes) is 13. The predicted octanol–water partition coefficient (Wildman–Crippen LogP) is 10.7. The molecule has 0 saturated heterocycles. The van der Waals surface area contributed by atoms with Crippen LogP contribution in [0.2, 0.25) is 0 Å². The number of hydrogen-bond acceptors (Lipinski definition) is 1. The van der Waals surface area contributed by atoms with Gasteiger partial charge in [0.2, 0.25) is 0 Å². The van der Waals surface area contributed by atoms with Gasteiger partial charge in [0.25, 0.3) is 5.91 Å². The van der Waals surface area contributed by atoms with Gasteiger partial charge in [-0.3, -0.25) is 4.79 Å². The highest BCUT2D eigenvalue weighted by atomic mass is 19.4. The fourth-order valence-corrected chi connectivity index (χ4v) is 4.74. The Labute approximate surface area is 273 Å². The van der Waals surface area contributed by atoms with Crippen LogP contribution in [0.3, 0.4) is 0 Å². The van der Waals surface area contributed by atoms with Crippen molar-refractivity contribution >= 4 is 5.91 Å². The first-order chi connectivity index (χ1) is 21.9. The molecule has 0 saturated carbocycles. The molecule has 0 unspecified atom stereocenters. The molecule has 294 valence electrons. The lowest BCUT2D eigenvalue weighted by molar-refractivity contribution is -0.889. The summed E-state index contributed by atoms with van der Waals surface area (Å²) in [6, 6.07) is 0. The second kappa shape index (κ2) is 17.6. The van der Waals surface area contributed by atoms with E-state index in [0.717, 1.165) is 50.3 Å². The highest BCUT2D eigenvalue weighted by molar-refractivity contribution is 5.84. The largest absolute Gasteiger partial charge is 0.460 e. The summed E-state index contributed by atoms with van der Waals surface area (Å²) >= 11 is 0. The van der Waals surface area contributed by atoms with E-state index < -0.39 is 60.1 Å². The van der Waals surface area contributed by atoms with Crippen LogP contribution in [0.4, 0.5) is 74.6 Å². The third-order valence-electron chi connectivity index (χ3n) is 8.13. The number of amides is 1. The van der Waals surface area contributed by atoms with Gasteiger partial charge in [0.1, 0.15) is 0 Å². The minimum absolute atomic E-state index is 0.0799. The quantitative estimate of drug-likeness (QED) is 0.0561. The molecular weight excluding hydrogens is 715 g/mol. The van der Waals surface area contributed by atoms with Gasteiger partial charge in [0, 0.05) is 0 Å². The van der Waals surface area contributed by atoms with E-state index in [0.29, 0.717) is 13.0 Å². The van der Waals surface area contributed by atoms with Crippen LogP contribution in [-0.2, 0) is 4.79 Å². The fourth-order valence-electron chi connectivity index (χ4n) is 4.74. The number of carbonyl (C=O) groups is 1. The predicted molar refractivity (Wildman–Crippen MR) is 146 cm³/mol. The molecule has 0 aromatic rings. The molecule has 0 bridgehead atoms. The molecule has 1 amide bonds. The zero-order chi connectivity index (χ0) is 38.8. The van der Waals surface area contributed by atoms with Crippen molar-refractivity contribution in [3.8, 4) is 0 Å². The van der Waals surface area contributed by atoms with Crippen LogP contribution >= 0.6 is 0 Å². The van der Waals surface area contributed by atoms with E-state index >= 15 is 0 Å². The van der Waals surface area contributed by atoms with Crippen molar-refractivity contribution in [2.45, 2.75) is 144 Å². The third kappa shape index (κ3) is 10.9. The second-order valence-electron chi connectivity index (χ2n) is 12.8. The van der Waals surface area contributed by atoms with E-state index in [4.69, 9.17) is 0 Å². The number of hydrogen-bond donors (Lipinski definition) is 1. The Morgan fingerprint density at radius 3 is 1.10 bits per heavy atom. The molecule has 0 radical (unpaired) electrons. The summed E-state index contributed by atoms with van der Waals surface area (Å²) in [5, 5.41) is 1.01. The van der Waals surface area contributed by atoms with Gasteiger partial charge in [0.05, 0.1) is 33.7 Å². The molecular formula is C29H44F17N2O+. The summed E-state index contributed by atoms with van der Waals surface area (Å²) in [5.41, 5.74) is 0. The van der Waals surface area contributed by atoms with Crippen molar-refractivity contribution in [3.63, 3.8) is 0 Å². The first kappa shape index (κ1) is 47.2. The maximum Gasteiger partial charge on any atom is 0.460 e.